The molecule has 0 radical (unpaired) electrons. The van der Waals surface area contributed by atoms with Gasteiger partial charge in [0.1, 0.15) is 5.69 Å². The molecule has 2 heterocycles. The molecule has 0 saturated carbocycles. The number of benzene rings is 1. The molecule has 28 heavy (non-hydrogen) atoms. The summed E-state index contributed by atoms with van der Waals surface area (Å²) in [5.74, 6) is 0. The zero-order chi connectivity index (χ0) is 19.9. The molecule has 0 unspecified atom stereocenters. The van der Waals surface area contributed by atoms with Gasteiger partial charge in [-0.05, 0) is 49.3 Å². The molecule has 2 aromatic heterocycles. The van der Waals surface area contributed by atoms with Crippen LogP contribution < -0.4 is 4.90 Å². The van der Waals surface area contributed by atoms with Crippen LogP contribution in [-0.4, -0.2) is 38.6 Å². The van der Waals surface area contributed by atoms with Crippen LogP contribution in [0.25, 0.3) is 17.3 Å². The summed E-state index contributed by atoms with van der Waals surface area (Å²) in [5.41, 5.74) is 5.02. The van der Waals surface area contributed by atoms with Crippen molar-refractivity contribution < 1.29 is 0 Å². The third kappa shape index (κ3) is 4.97. The fraction of sp³-hybridized carbons (Fsp3) is 0.318. The van der Waals surface area contributed by atoms with Crippen LogP contribution in [-0.2, 0) is 6.54 Å². The van der Waals surface area contributed by atoms with Gasteiger partial charge < -0.3 is 9.47 Å². The van der Waals surface area contributed by atoms with Crippen molar-refractivity contribution in [2.24, 2.45) is 0 Å². The Balaban J connectivity index is 1.66. The van der Waals surface area contributed by atoms with E-state index in [1.54, 1.807) is 4.68 Å². The lowest BCUT2D eigenvalue weighted by molar-refractivity contribution is 0.631. The van der Waals surface area contributed by atoms with Crippen LogP contribution in [0.5, 0.6) is 0 Å². The molecule has 0 aliphatic heterocycles. The fourth-order valence-electron chi connectivity index (χ4n) is 2.78. The van der Waals surface area contributed by atoms with Gasteiger partial charge in [-0.25, -0.2) is 9.67 Å². The van der Waals surface area contributed by atoms with Gasteiger partial charge in [-0.2, -0.15) is 0 Å². The number of unbranched alkanes of at least 4 members (excludes halogenated alkanes) is 1. The van der Waals surface area contributed by atoms with Gasteiger partial charge in [0.15, 0.2) is 0 Å². The number of hydrogen-bond donors (Lipinski definition) is 0. The van der Waals surface area contributed by atoms with Crippen molar-refractivity contribution in [3.8, 4) is 5.69 Å². The van der Waals surface area contributed by atoms with E-state index in [0.29, 0.717) is 0 Å². The molecule has 0 saturated heterocycles. The molecule has 0 amide bonds. The largest absolute Gasteiger partial charge is 0.378 e. The highest BCUT2D eigenvalue weighted by atomic mass is 15.4. The maximum absolute atomic E-state index is 4.41. The van der Waals surface area contributed by atoms with Crippen molar-refractivity contribution in [1.29, 1.82) is 0 Å². The molecule has 146 valence electrons. The van der Waals surface area contributed by atoms with Crippen LogP contribution in [0.2, 0.25) is 0 Å². The molecular weight excluding hydrogens is 348 g/mol. The Morgan fingerprint density at radius 2 is 1.93 bits per heavy atom. The number of allylic oxidation sites excluding steroid dienone is 3. The van der Waals surface area contributed by atoms with Crippen LogP contribution in [0, 0.1) is 0 Å². The summed E-state index contributed by atoms with van der Waals surface area (Å²) in [6.45, 7) is 5.25. The zero-order valence-electron chi connectivity index (χ0n) is 17.1. The standard InChI is InChI=1S/C22H28N6/c1-5-6-14-27-15-19(23-17-27)9-7-8-18(2)22-16-28(25-24-22)21-12-10-20(11-13-21)26(3)4/h7-13,15-17H,5-6,14H2,1-4H3/b9-7-,18-8+. The molecule has 6 nitrogen and oxygen atoms in total. The first-order chi connectivity index (χ1) is 13.6. The van der Waals surface area contributed by atoms with Gasteiger partial charge in [0.2, 0.25) is 0 Å². The topological polar surface area (TPSA) is 51.8 Å². The summed E-state index contributed by atoms with van der Waals surface area (Å²) >= 11 is 0. The Kier molecular flexibility index (Phi) is 6.42. The highest BCUT2D eigenvalue weighted by Crippen LogP contribution is 2.17. The first-order valence-corrected chi connectivity index (χ1v) is 9.64. The number of nitrogens with zero attached hydrogens (tertiary/aromatic N) is 6. The highest BCUT2D eigenvalue weighted by Gasteiger charge is 2.05. The Morgan fingerprint density at radius 3 is 2.64 bits per heavy atom. The second kappa shape index (κ2) is 9.17. The molecule has 0 fully saturated rings. The first-order valence-electron chi connectivity index (χ1n) is 9.64. The third-order valence-corrected chi connectivity index (χ3v) is 4.56. The second-order valence-electron chi connectivity index (χ2n) is 7.06. The number of hydrogen-bond acceptors (Lipinski definition) is 4. The maximum Gasteiger partial charge on any atom is 0.109 e. The van der Waals surface area contributed by atoms with E-state index in [2.05, 4.69) is 50.0 Å². The van der Waals surface area contributed by atoms with Gasteiger partial charge in [-0.15, -0.1) is 5.10 Å². The van der Waals surface area contributed by atoms with E-state index in [-0.39, 0.29) is 0 Å². The number of aryl methyl sites for hydroxylation is 1. The predicted octanol–water partition coefficient (Wildman–Crippen LogP) is 4.45. The third-order valence-electron chi connectivity index (χ3n) is 4.56. The van der Waals surface area contributed by atoms with Crippen molar-refractivity contribution in [2.45, 2.75) is 33.2 Å². The van der Waals surface area contributed by atoms with Crippen molar-refractivity contribution in [2.75, 3.05) is 19.0 Å². The van der Waals surface area contributed by atoms with E-state index in [0.717, 1.165) is 34.9 Å². The monoisotopic (exact) mass is 376 g/mol. The van der Waals surface area contributed by atoms with Gasteiger partial charge in [0.25, 0.3) is 0 Å². The van der Waals surface area contributed by atoms with E-state index in [9.17, 15) is 0 Å². The number of aromatic nitrogens is 5. The number of anilines is 1. The minimum Gasteiger partial charge on any atom is -0.378 e. The molecule has 0 spiro atoms. The van der Waals surface area contributed by atoms with E-state index in [4.69, 9.17) is 0 Å². The normalized spacial score (nSPS) is 12.1. The molecule has 3 aromatic rings. The summed E-state index contributed by atoms with van der Waals surface area (Å²) in [7, 11) is 4.06. The van der Waals surface area contributed by atoms with E-state index < -0.39 is 0 Å². The molecule has 0 aliphatic rings. The van der Waals surface area contributed by atoms with Gasteiger partial charge in [-0.3, -0.25) is 0 Å². The highest BCUT2D eigenvalue weighted by molar-refractivity contribution is 5.64. The maximum atomic E-state index is 4.41. The van der Waals surface area contributed by atoms with E-state index in [1.165, 1.54) is 12.8 Å². The average Bonchev–Trinajstić information content (AvgIpc) is 3.36. The minimum absolute atomic E-state index is 0.856. The van der Waals surface area contributed by atoms with Gasteiger partial charge >= 0.3 is 0 Å². The molecule has 0 bridgehead atoms. The van der Waals surface area contributed by atoms with Crippen LogP contribution in [0.4, 0.5) is 5.69 Å². The molecule has 0 N–H and O–H groups in total. The second-order valence-corrected chi connectivity index (χ2v) is 7.06. The lowest BCUT2D eigenvalue weighted by atomic mass is 10.2. The summed E-state index contributed by atoms with van der Waals surface area (Å²) < 4.78 is 3.93. The molecular formula is C22H28N6. The van der Waals surface area contributed by atoms with Crippen molar-refractivity contribution >= 4 is 17.3 Å². The quantitative estimate of drug-likeness (QED) is 0.545. The van der Waals surface area contributed by atoms with Crippen LogP contribution in [0.1, 0.15) is 38.1 Å². The van der Waals surface area contributed by atoms with E-state index in [1.807, 2.05) is 63.9 Å². The van der Waals surface area contributed by atoms with Gasteiger partial charge in [0.05, 0.1) is 23.9 Å². The van der Waals surface area contributed by atoms with Crippen LogP contribution in [0.3, 0.4) is 0 Å². The minimum atomic E-state index is 0.856. The molecule has 6 heteroatoms. The predicted molar refractivity (Wildman–Crippen MR) is 116 cm³/mol. The first kappa shape index (κ1) is 19.6. The van der Waals surface area contributed by atoms with Crippen molar-refractivity contribution in [3.05, 3.63) is 66.5 Å². The van der Waals surface area contributed by atoms with Crippen LogP contribution in [0.15, 0.2) is 55.1 Å². The molecule has 0 atom stereocenters. The lowest BCUT2D eigenvalue weighted by Gasteiger charge is -2.12. The van der Waals surface area contributed by atoms with Gasteiger partial charge in [-0.1, -0.05) is 30.7 Å². The smallest absolute Gasteiger partial charge is 0.109 e. The number of imidazole rings is 1. The Bertz CT molecular complexity index is 944. The SMILES string of the molecule is CCCCn1cnc(/C=C\C=C(/C)c2cn(-c3ccc(N(C)C)cc3)nn2)c1. The molecule has 1 aromatic carbocycles. The Labute approximate surface area is 166 Å². The molecule has 3 rings (SSSR count). The summed E-state index contributed by atoms with van der Waals surface area (Å²) in [6.07, 6.45) is 14.3. The zero-order valence-corrected chi connectivity index (χ0v) is 17.1. The Hall–Kier alpha value is -3.15. The van der Waals surface area contributed by atoms with Gasteiger partial charge in [0, 0.05) is 32.5 Å². The van der Waals surface area contributed by atoms with Crippen molar-refractivity contribution in [1.82, 2.24) is 24.5 Å². The summed E-state index contributed by atoms with van der Waals surface area (Å²) in [6, 6.07) is 8.23. The number of rotatable bonds is 8. The Morgan fingerprint density at radius 1 is 1.14 bits per heavy atom. The lowest BCUT2D eigenvalue weighted by Crippen LogP contribution is -2.08. The van der Waals surface area contributed by atoms with Crippen molar-refractivity contribution in [3.63, 3.8) is 0 Å². The summed E-state index contributed by atoms with van der Waals surface area (Å²) in [4.78, 5) is 6.49. The van der Waals surface area contributed by atoms with Crippen LogP contribution >= 0.6 is 0 Å². The van der Waals surface area contributed by atoms with E-state index >= 15 is 0 Å². The molecule has 0 aliphatic carbocycles. The summed E-state index contributed by atoms with van der Waals surface area (Å²) in [5, 5.41) is 8.55. The fourth-order valence-corrected chi connectivity index (χ4v) is 2.78. The average molecular weight is 377 g/mol.